The Labute approximate surface area is 149 Å². The number of aromatic nitrogens is 1. The van der Waals surface area contributed by atoms with Crippen LogP contribution in [-0.2, 0) is 0 Å². The van der Waals surface area contributed by atoms with E-state index in [0.717, 1.165) is 48.6 Å². The third kappa shape index (κ3) is 4.52. The van der Waals surface area contributed by atoms with Gasteiger partial charge in [-0.2, -0.15) is 0 Å². The lowest BCUT2D eigenvalue weighted by Crippen LogP contribution is -2.05. The highest BCUT2D eigenvalue weighted by Crippen LogP contribution is 2.27. The van der Waals surface area contributed by atoms with Crippen molar-refractivity contribution in [2.75, 3.05) is 0 Å². The van der Waals surface area contributed by atoms with Crippen LogP contribution in [0.25, 0.3) is 5.69 Å². The molecule has 0 saturated carbocycles. The molecule has 0 aliphatic heterocycles. The van der Waals surface area contributed by atoms with E-state index < -0.39 is 6.10 Å². The molecule has 0 amide bonds. The molecule has 0 aliphatic carbocycles. The van der Waals surface area contributed by atoms with Crippen LogP contribution in [0.3, 0.4) is 0 Å². The van der Waals surface area contributed by atoms with Crippen molar-refractivity contribution < 1.29 is 9.84 Å². The average Bonchev–Trinajstić information content (AvgIpc) is 3.13. The number of benzene rings is 2. The number of nitrogens with zero attached hydrogens (tertiary/aromatic N) is 1. The van der Waals surface area contributed by atoms with E-state index in [-0.39, 0.29) is 0 Å². The van der Waals surface area contributed by atoms with Gasteiger partial charge >= 0.3 is 0 Å². The van der Waals surface area contributed by atoms with E-state index in [1.165, 1.54) is 0 Å². The Balaban J connectivity index is 1.78. The van der Waals surface area contributed by atoms with Gasteiger partial charge in [-0.15, -0.1) is 0 Å². The third-order valence-electron chi connectivity index (χ3n) is 4.28. The summed E-state index contributed by atoms with van der Waals surface area (Å²) in [6.07, 6.45) is 5.68. The van der Waals surface area contributed by atoms with Crippen molar-refractivity contribution >= 4 is 0 Å². The average molecular weight is 335 g/mol. The number of hydrogen-bond acceptors (Lipinski definition) is 2. The Hall–Kier alpha value is -2.52. The first-order chi connectivity index (χ1) is 12.3. The fourth-order valence-corrected chi connectivity index (χ4v) is 2.96. The number of unbranched alkanes of at least 4 members (excludes halogenated alkanes) is 2. The molecule has 3 aromatic rings. The van der Waals surface area contributed by atoms with Crippen molar-refractivity contribution in [1.82, 2.24) is 4.57 Å². The van der Waals surface area contributed by atoms with Gasteiger partial charge in [0, 0.05) is 18.0 Å². The van der Waals surface area contributed by atoms with Crippen LogP contribution in [0.5, 0.6) is 11.5 Å². The monoisotopic (exact) mass is 335 g/mol. The molecular formula is C22H25NO2. The van der Waals surface area contributed by atoms with Crippen LogP contribution in [-0.4, -0.2) is 9.67 Å². The third-order valence-corrected chi connectivity index (χ3v) is 4.28. The molecule has 0 bridgehead atoms. The Kier molecular flexibility index (Phi) is 5.91. The highest BCUT2D eigenvalue weighted by Gasteiger charge is 2.13. The number of rotatable bonds is 8. The zero-order valence-corrected chi connectivity index (χ0v) is 14.6. The Bertz CT molecular complexity index is 779. The van der Waals surface area contributed by atoms with Gasteiger partial charge in [-0.05, 0) is 42.8 Å². The first kappa shape index (κ1) is 17.3. The van der Waals surface area contributed by atoms with Crippen molar-refractivity contribution in [3.63, 3.8) is 0 Å². The maximum atomic E-state index is 10.5. The summed E-state index contributed by atoms with van der Waals surface area (Å²) in [6, 6.07) is 21.6. The van der Waals surface area contributed by atoms with Gasteiger partial charge in [-0.25, -0.2) is 0 Å². The summed E-state index contributed by atoms with van der Waals surface area (Å²) in [4.78, 5) is 0. The zero-order chi connectivity index (χ0) is 17.5. The van der Waals surface area contributed by atoms with E-state index in [1.54, 1.807) is 0 Å². The van der Waals surface area contributed by atoms with Crippen LogP contribution in [0.1, 0.15) is 44.4 Å². The molecular weight excluding hydrogens is 310 g/mol. The molecule has 1 aromatic heterocycles. The van der Waals surface area contributed by atoms with E-state index in [2.05, 4.69) is 6.92 Å². The van der Waals surface area contributed by atoms with Gasteiger partial charge in [-0.1, -0.05) is 50.5 Å². The molecule has 0 fully saturated rings. The summed E-state index contributed by atoms with van der Waals surface area (Å²) < 4.78 is 7.96. The molecule has 2 aromatic carbocycles. The second kappa shape index (κ2) is 8.54. The van der Waals surface area contributed by atoms with Gasteiger partial charge in [0.25, 0.3) is 0 Å². The molecule has 0 spiro atoms. The van der Waals surface area contributed by atoms with Gasteiger partial charge < -0.3 is 14.4 Å². The summed E-state index contributed by atoms with van der Waals surface area (Å²) in [5.74, 6) is 1.59. The summed E-state index contributed by atoms with van der Waals surface area (Å²) in [5, 5.41) is 10.5. The van der Waals surface area contributed by atoms with Crippen molar-refractivity contribution in [1.29, 1.82) is 0 Å². The van der Waals surface area contributed by atoms with Crippen LogP contribution in [0.4, 0.5) is 0 Å². The van der Waals surface area contributed by atoms with Crippen LogP contribution in [0, 0.1) is 0 Å². The van der Waals surface area contributed by atoms with Crippen LogP contribution >= 0.6 is 0 Å². The molecule has 3 rings (SSSR count). The summed E-state index contributed by atoms with van der Waals surface area (Å²) in [7, 11) is 0. The summed E-state index contributed by atoms with van der Waals surface area (Å²) in [6.45, 7) is 2.17. The minimum Gasteiger partial charge on any atom is -0.457 e. The molecule has 1 atom stereocenters. The predicted molar refractivity (Wildman–Crippen MR) is 101 cm³/mol. The second-order valence-electron chi connectivity index (χ2n) is 6.23. The van der Waals surface area contributed by atoms with Crippen molar-refractivity contribution in [2.45, 2.75) is 38.7 Å². The highest BCUT2D eigenvalue weighted by molar-refractivity contribution is 5.43. The summed E-state index contributed by atoms with van der Waals surface area (Å²) in [5.41, 5.74) is 1.91. The molecule has 3 heteroatoms. The maximum absolute atomic E-state index is 10.5. The molecule has 130 valence electrons. The molecule has 1 N–H and O–H groups in total. The van der Waals surface area contributed by atoms with E-state index in [1.807, 2.05) is 77.5 Å². The maximum Gasteiger partial charge on any atom is 0.129 e. The second-order valence-corrected chi connectivity index (χ2v) is 6.23. The molecule has 1 heterocycles. The van der Waals surface area contributed by atoms with Crippen LogP contribution in [0.2, 0.25) is 0 Å². The number of para-hydroxylation sites is 1. The number of hydrogen-bond donors (Lipinski definition) is 1. The smallest absolute Gasteiger partial charge is 0.129 e. The standard InChI is InChI=1S/C22H25NO2/c1-2-3-5-15-22(24)21-14-9-16-23(21)18-10-8-13-20(17-18)25-19-11-6-4-7-12-19/h4,6-14,16-17,22,24H,2-3,5,15H2,1H3. The van der Waals surface area contributed by atoms with E-state index in [9.17, 15) is 5.11 Å². The van der Waals surface area contributed by atoms with Gasteiger partial charge in [0.15, 0.2) is 0 Å². The van der Waals surface area contributed by atoms with E-state index in [0.29, 0.717) is 0 Å². The molecule has 0 aliphatic rings. The number of aliphatic hydroxyl groups excluding tert-OH is 1. The van der Waals surface area contributed by atoms with Gasteiger partial charge in [0.1, 0.15) is 11.5 Å². The predicted octanol–water partition coefficient (Wildman–Crippen LogP) is 5.88. The first-order valence-corrected chi connectivity index (χ1v) is 8.96. The Morgan fingerprint density at radius 1 is 0.920 bits per heavy atom. The fourth-order valence-electron chi connectivity index (χ4n) is 2.96. The van der Waals surface area contributed by atoms with E-state index >= 15 is 0 Å². The Morgan fingerprint density at radius 2 is 1.72 bits per heavy atom. The van der Waals surface area contributed by atoms with Gasteiger partial charge in [0.05, 0.1) is 11.8 Å². The molecule has 1 unspecified atom stereocenters. The van der Waals surface area contributed by atoms with Crippen molar-refractivity contribution in [3.05, 3.63) is 78.6 Å². The topological polar surface area (TPSA) is 34.4 Å². The summed E-state index contributed by atoms with van der Waals surface area (Å²) >= 11 is 0. The van der Waals surface area contributed by atoms with Crippen LogP contribution in [0.15, 0.2) is 72.9 Å². The van der Waals surface area contributed by atoms with Crippen LogP contribution < -0.4 is 4.74 Å². The largest absolute Gasteiger partial charge is 0.457 e. The number of ether oxygens (including phenoxy) is 1. The van der Waals surface area contributed by atoms with E-state index in [4.69, 9.17) is 4.74 Å². The highest BCUT2D eigenvalue weighted by atomic mass is 16.5. The fraction of sp³-hybridized carbons (Fsp3) is 0.273. The van der Waals surface area contributed by atoms with Crippen molar-refractivity contribution in [2.24, 2.45) is 0 Å². The zero-order valence-electron chi connectivity index (χ0n) is 14.6. The molecule has 0 saturated heterocycles. The van der Waals surface area contributed by atoms with Gasteiger partial charge in [-0.3, -0.25) is 0 Å². The molecule has 3 nitrogen and oxygen atoms in total. The molecule has 25 heavy (non-hydrogen) atoms. The normalized spacial score (nSPS) is 12.1. The Morgan fingerprint density at radius 3 is 2.52 bits per heavy atom. The lowest BCUT2D eigenvalue weighted by molar-refractivity contribution is 0.157. The number of aliphatic hydroxyl groups is 1. The minimum absolute atomic E-state index is 0.444. The lowest BCUT2D eigenvalue weighted by Gasteiger charge is -2.16. The van der Waals surface area contributed by atoms with Gasteiger partial charge in [0.2, 0.25) is 0 Å². The minimum atomic E-state index is -0.444. The van der Waals surface area contributed by atoms with Crippen molar-refractivity contribution in [3.8, 4) is 17.2 Å². The first-order valence-electron chi connectivity index (χ1n) is 8.96. The quantitative estimate of drug-likeness (QED) is 0.521. The molecule has 0 radical (unpaired) electrons. The SMILES string of the molecule is CCCCCC(O)c1cccn1-c1cccc(Oc2ccccc2)c1. The lowest BCUT2D eigenvalue weighted by atomic mass is 10.1.